The minimum Gasteiger partial charge on any atom is -0.478 e. The van der Waals surface area contributed by atoms with E-state index in [9.17, 15) is 14.3 Å². The van der Waals surface area contributed by atoms with Gasteiger partial charge in [0.1, 0.15) is 23.7 Å². The van der Waals surface area contributed by atoms with Crippen LogP contribution in [0.1, 0.15) is 35.1 Å². The molecule has 2 saturated heterocycles. The molecule has 2 atom stereocenters. The Hall–Kier alpha value is -3.18. The summed E-state index contributed by atoms with van der Waals surface area (Å²) in [5, 5.41) is 9.79. The molecule has 0 amide bonds. The third kappa shape index (κ3) is 5.34. The summed E-state index contributed by atoms with van der Waals surface area (Å²) < 4.78 is 34.1. The van der Waals surface area contributed by atoms with Crippen LogP contribution in [-0.4, -0.2) is 75.9 Å². The van der Waals surface area contributed by atoms with Gasteiger partial charge in [-0.1, -0.05) is 11.6 Å². The van der Waals surface area contributed by atoms with Crippen molar-refractivity contribution < 1.29 is 28.5 Å². The Bertz CT molecular complexity index is 1430. The molecule has 39 heavy (non-hydrogen) atoms. The van der Waals surface area contributed by atoms with Crippen molar-refractivity contribution in [2.75, 3.05) is 39.3 Å². The maximum absolute atomic E-state index is 14.5. The van der Waals surface area contributed by atoms with Gasteiger partial charge >= 0.3 is 5.97 Å². The molecule has 3 aromatic rings. The van der Waals surface area contributed by atoms with Crippen molar-refractivity contribution in [3.05, 3.63) is 76.2 Å². The molecular formula is C28H30ClFN4O5. The summed E-state index contributed by atoms with van der Waals surface area (Å²) in [6.07, 6.45) is 2.68. The molecule has 1 unspecified atom stereocenters. The molecule has 1 N–H and O–H groups in total. The van der Waals surface area contributed by atoms with E-state index in [1.165, 1.54) is 6.07 Å². The van der Waals surface area contributed by atoms with Crippen LogP contribution in [0.2, 0.25) is 5.02 Å². The van der Waals surface area contributed by atoms with Crippen LogP contribution in [-0.2, 0) is 33.1 Å². The molecule has 206 valence electrons. The lowest BCUT2D eigenvalue weighted by Crippen LogP contribution is -2.47. The highest BCUT2D eigenvalue weighted by Gasteiger charge is 2.39. The number of carbonyl (C=O) groups is 1. The van der Waals surface area contributed by atoms with E-state index in [0.29, 0.717) is 36.0 Å². The Morgan fingerprint density at radius 3 is 2.56 bits per heavy atom. The predicted octanol–water partition coefficient (Wildman–Crippen LogP) is 4.19. The third-order valence-corrected chi connectivity index (χ3v) is 7.86. The number of imidazole rings is 1. The number of hydrogen-bond donors (Lipinski definition) is 1. The van der Waals surface area contributed by atoms with Gasteiger partial charge in [0, 0.05) is 44.7 Å². The first-order valence-electron chi connectivity index (χ1n) is 13.1. The number of hydrogen-bond acceptors (Lipinski definition) is 7. The summed E-state index contributed by atoms with van der Waals surface area (Å²) >= 11 is 5.89. The summed E-state index contributed by atoms with van der Waals surface area (Å²) in [5.41, 5.74) is 2.16. The molecular weight excluding hydrogens is 527 g/mol. The van der Waals surface area contributed by atoms with Gasteiger partial charge < -0.3 is 23.9 Å². The topological polar surface area (TPSA) is 89.3 Å². The first-order chi connectivity index (χ1) is 18.8. The number of aromatic nitrogens is 2. The van der Waals surface area contributed by atoms with E-state index in [-0.39, 0.29) is 11.7 Å². The quantitative estimate of drug-likeness (QED) is 0.442. The molecule has 1 aromatic heterocycles. The lowest BCUT2D eigenvalue weighted by molar-refractivity contribution is -0.144. The highest BCUT2D eigenvalue weighted by Crippen LogP contribution is 2.37. The van der Waals surface area contributed by atoms with Crippen LogP contribution in [0, 0.1) is 5.82 Å². The van der Waals surface area contributed by atoms with E-state index in [1.54, 1.807) is 43.5 Å². The van der Waals surface area contributed by atoms with Gasteiger partial charge in [-0.2, -0.15) is 0 Å². The minimum atomic E-state index is -1.23. The summed E-state index contributed by atoms with van der Waals surface area (Å²) in [4.78, 5) is 21.0. The Morgan fingerprint density at radius 1 is 1.15 bits per heavy atom. The van der Waals surface area contributed by atoms with Crippen molar-refractivity contribution in [1.82, 2.24) is 19.4 Å². The lowest BCUT2D eigenvalue weighted by atomic mass is 10.1. The fourth-order valence-corrected chi connectivity index (χ4v) is 5.47. The van der Waals surface area contributed by atoms with Gasteiger partial charge in [0.25, 0.3) is 5.79 Å². The maximum Gasteiger partial charge on any atom is 0.335 e. The Balaban J connectivity index is 1.08. The van der Waals surface area contributed by atoms with Gasteiger partial charge in [-0.05, 0) is 42.8 Å². The summed E-state index contributed by atoms with van der Waals surface area (Å²) in [7, 11) is 0. The van der Waals surface area contributed by atoms with Crippen LogP contribution in [0.4, 0.5) is 4.39 Å². The fraction of sp³-hybridized carbons (Fsp3) is 0.429. The number of halogens is 2. The van der Waals surface area contributed by atoms with E-state index in [1.807, 2.05) is 0 Å². The molecule has 3 aliphatic heterocycles. The minimum absolute atomic E-state index is 0.125. The summed E-state index contributed by atoms with van der Waals surface area (Å²) in [6, 6.07) is 9.53. The van der Waals surface area contributed by atoms with Crippen molar-refractivity contribution >= 4 is 28.6 Å². The number of aromatic carboxylic acids is 1. The fourth-order valence-electron chi connectivity index (χ4n) is 5.31. The van der Waals surface area contributed by atoms with E-state index in [0.717, 1.165) is 56.1 Å². The van der Waals surface area contributed by atoms with E-state index in [2.05, 4.69) is 14.4 Å². The first-order valence-corrected chi connectivity index (χ1v) is 13.5. The number of benzene rings is 2. The normalized spacial score (nSPS) is 23.8. The number of ether oxygens (including phenoxy) is 3. The molecule has 0 aliphatic carbocycles. The third-order valence-electron chi connectivity index (χ3n) is 7.62. The van der Waals surface area contributed by atoms with Gasteiger partial charge in [0.05, 0.1) is 47.9 Å². The second kappa shape index (κ2) is 10.4. The predicted molar refractivity (Wildman–Crippen MR) is 142 cm³/mol. The Labute approximate surface area is 230 Å². The molecule has 6 rings (SSSR count). The maximum atomic E-state index is 14.5. The van der Waals surface area contributed by atoms with Gasteiger partial charge in [0.15, 0.2) is 0 Å². The highest BCUT2D eigenvalue weighted by atomic mass is 35.5. The van der Waals surface area contributed by atoms with Gasteiger partial charge in [-0.15, -0.1) is 0 Å². The molecule has 4 heterocycles. The second-order valence-corrected chi connectivity index (χ2v) is 10.8. The van der Waals surface area contributed by atoms with Gasteiger partial charge in [-0.3, -0.25) is 9.80 Å². The molecule has 3 aliphatic rings. The highest BCUT2D eigenvalue weighted by molar-refractivity contribution is 6.30. The van der Waals surface area contributed by atoms with Crippen molar-refractivity contribution in [3.8, 4) is 0 Å². The number of carboxylic acid groups (broad SMARTS) is 1. The second-order valence-electron chi connectivity index (χ2n) is 10.4. The average Bonchev–Trinajstić information content (AvgIpc) is 3.42. The number of fused-ring (bicyclic) bond motifs is 1. The van der Waals surface area contributed by atoms with Crippen LogP contribution >= 0.6 is 11.6 Å². The van der Waals surface area contributed by atoms with Crippen molar-refractivity contribution in [2.24, 2.45) is 0 Å². The zero-order chi connectivity index (χ0) is 27.1. The van der Waals surface area contributed by atoms with E-state index in [4.69, 9.17) is 30.8 Å². The molecule has 9 nitrogen and oxygen atoms in total. The average molecular weight is 557 g/mol. The van der Waals surface area contributed by atoms with Gasteiger partial charge in [-0.25, -0.2) is 14.2 Å². The zero-order valence-corrected chi connectivity index (χ0v) is 22.4. The van der Waals surface area contributed by atoms with E-state index < -0.39 is 17.6 Å². The molecule has 0 spiro atoms. The molecule has 0 saturated carbocycles. The number of nitrogens with zero attached hydrogens (tertiary/aromatic N) is 4. The van der Waals surface area contributed by atoms with E-state index >= 15 is 0 Å². The summed E-state index contributed by atoms with van der Waals surface area (Å²) in [5.74, 6) is -1.09. The smallest absolute Gasteiger partial charge is 0.335 e. The van der Waals surface area contributed by atoms with Crippen LogP contribution in [0.15, 0.2) is 48.4 Å². The Kier molecular flexibility index (Phi) is 6.96. The molecule has 0 bridgehead atoms. The van der Waals surface area contributed by atoms with Crippen molar-refractivity contribution in [1.29, 1.82) is 0 Å². The van der Waals surface area contributed by atoms with Crippen molar-refractivity contribution in [2.45, 2.75) is 38.3 Å². The molecule has 0 radical (unpaired) electrons. The number of carboxylic acids is 1. The van der Waals surface area contributed by atoms with Crippen LogP contribution in [0.25, 0.3) is 11.0 Å². The first kappa shape index (κ1) is 26.1. The standard InChI is InChI=1S/C28H30ClFN4O5/c1-28(22-4-3-19(29)13-23(22)30)38-17-21(39-28)14-32-7-9-33(10-8-32)16-26-31-24-5-2-18(27(35)36)12-25(24)34(26)15-20-6-11-37-20/h2-5,12-13,17,20H,6-11,14-16H2,1H3,(H,35,36)/t20-,28?/m0/s1. The van der Waals surface area contributed by atoms with Crippen LogP contribution < -0.4 is 0 Å². The molecule has 11 heteroatoms. The lowest BCUT2D eigenvalue weighted by Gasteiger charge is -2.35. The zero-order valence-electron chi connectivity index (χ0n) is 21.6. The molecule has 2 aromatic carbocycles. The number of rotatable bonds is 8. The Morgan fingerprint density at radius 2 is 1.90 bits per heavy atom. The SMILES string of the molecule is CC1(c2ccc(Cl)cc2F)OC=C(CN2CCN(Cc3nc4ccc(C(=O)O)cc4n3C[C@@H]3CCO3)CC2)O1. The number of piperazine rings is 1. The monoisotopic (exact) mass is 556 g/mol. The van der Waals surface area contributed by atoms with Gasteiger partial charge in [0.2, 0.25) is 0 Å². The molecule has 2 fully saturated rings. The van der Waals surface area contributed by atoms with Crippen LogP contribution in [0.5, 0.6) is 0 Å². The summed E-state index contributed by atoms with van der Waals surface area (Å²) in [6.45, 7) is 7.65. The van der Waals surface area contributed by atoms with Crippen LogP contribution in [0.3, 0.4) is 0 Å². The van der Waals surface area contributed by atoms with Crippen molar-refractivity contribution in [3.63, 3.8) is 0 Å². The largest absolute Gasteiger partial charge is 0.478 e.